The van der Waals surface area contributed by atoms with Gasteiger partial charge in [-0.3, -0.25) is 4.79 Å². The highest BCUT2D eigenvalue weighted by Gasteiger charge is 2.25. The molecule has 1 fully saturated rings. The van der Waals surface area contributed by atoms with Crippen LogP contribution in [0, 0.1) is 0 Å². The SMILES string of the molecule is CCCNS(=O)(=O)NCC(=O)N1CCN(C(=O)OCC)CC1. The molecule has 0 saturated carbocycles. The van der Waals surface area contributed by atoms with Crippen molar-refractivity contribution in [3.63, 3.8) is 0 Å². The largest absolute Gasteiger partial charge is 0.450 e. The fourth-order valence-electron chi connectivity index (χ4n) is 1.91. The third-order valence-electron chi connectivity index (χ3n) is 3.11. The first-order valence-electron chi connectivity index (χ1n) is 7.33. The highest BCUT2D eigenvalue weighted by Crippen LogP contribution is 2.04. The van der Waals surface area contributed by atoms with Gasteiger partial charge in [-0.25, -0.2) is 9.52 Å². The maximum Gasteiger partial charge on any atom is 0.409 e. The number of ether oxygens (including phenoxy) is 1. The van der Waals surface area contributed by atoms with E-state index in [1.807, 2.05) is 6.92 Å². The van der Waals surface area contributed by atoms with Crippen LogP contribution in [0.25, 0.3) is 0 Å². The van der Waals surface area contributed by atoms with Crippen LogP contribution in [0.5, 0.6) is 0 Å². The van der Waals surface area contributed by atoms with Crippen molar-refractivity contribution in [2.24, 2.45) is 0 Å². The van der Waals surface area contributed by atoms with E-state index >= 15 is 0 Å². The van der Waals surface area contributed by atoms with Crippen LogP contribution in [-0.2, 0) is 19.7 Å². The van der Waals surface area contributed by atoms with Crippen molar-refractivity contribution < 1.29 is 22.7 Å². The smallest absolute Gasteiger partial charge is 0.409 e. The lowest BCUT2D eigenvalue weighted by Gasteiger charge is -2.34. The molecule has 0 radical (unpaired) electrons. The maximum atomic E-state index is 12.0. The number of piperazine rings is 1. The normalized spacial score (nSPS) is 15.7. The van der Waals surface area contributed by atoms with Crippen molar-refractivity contribution >= 4 is 22.2 Å². The second-order valence-electron chi connectivity index (χ2n) is 4.79. The maximum absolute atomic E-state index is 12.0. The van der Waals surface area contributed by atoms with E-state index in [0.29, 0.717) is 45.8 Å². The van der Waals surface area contributed by atoms with E-state index in [9.17, 15) is 18.0 Å². The molecule has 0 atom stereocenters. The van der Waals surface area contributed by atoms with Gasteiger partial charge in [0.05, 0.1) is 13.2 Å². The summed E-state index contributed by atoms with van der Waals surface area (Å²) in [7, 11) is -3.64. The van der Waals surface area contributed by atoms with Crippen LogP contribution in [0.3, 0.4) is 0 Å². The van der Waals surface area contributed by atoms with Gasteiger partial charge in [-0.15, -0.1) is 0 Å². The lowest BCUT2D eigenvalue weighted by atomic mass is 10.3. The number of carbonyl (C=O) groups is 2. The van der Waals surface area contributed by atoms with E-state index in [0.717, 1.165) is 0 Å². The molecule has 0 spiro atoms. The van der Waals surface area contributed by atoms with Crippen LogP contribution in [0.1, 0.15) is 20.3 Å². The predicted octanol–water partition coefficient (Wildman–Crippen LogP) is -0.879. The standard InChI is InChI=1S/C12H24N4O5S/c1-3-5-13-22(19,20)14-10-11(17)15-6-8-16(9-7-15)12(18)21-4-2/h13-14H,3-10H2,1-2H3. The Morgan fingerprint density at radius 2 is 1.64 bits per heavy atom. The fraction of sp³-hybridized carbons (Fsp3) is 0.833. The predicted molar refractivity (Wildman–Crippen MR) is 80.4 cm³/mol. The molecule has 0 aromatic carbocycles. The minimum atomic E-state index is -3.64. The molecule has 10 heteroatoms. The third kappa shape index (κ3) is 6.16. The summed E-state index contributed by atoms with van der Waals surface area (Å²) in [5.74, 6) is -0.314. The topological polar surface area (TPSA) is 108 Å². The van der Waals surface area contributed by atoms with Gasteiger partial charge in [0.25, 0.3) is 10.2 Å². The number of nitrogens with zero attached hydrogens (tertiary/aromatic N) is 2. The molecule has 9 nitrogen and oxygen atoms in total. The number of hydrogen-bond donors (Lipinski definition) is 2. The van der Waals surface area contributed by atoms with Gasteiger partial charge in [0.2, 0.25) is 5.91 Å². The summed E-state index contributed by atoms with van der Waals surface area (Å²) in [5, 5.41) is 0. The van der Waals surface area contributed by atoms with Crippen molar-refractivity contribution in [3.05, 3.63) is 0 Å². The second-order valence-corrected chi connectivity index (χ2v) is 6.37. The van der Waals surface area contributed by atoms with Crippen molar-refractivity contribution in [1.82, 2.24) is 19.2 Å². The van der Waals surface area contributed by atoms with Crippen molar-refractivity contribution in [2.45, 2.75) is 20.3 Å². The average Bonchev–Trinajstić information content (AvgIpc) is 2.51. The molecule has 22 heavy (non-hydrogen) atoms. The lowest BCUT2D eigenvalue weighted by molar-refractivity contribution is -0.131. The molecule has 128 valence electrons. The van der Waals surface area contributed by atoms with Crippen LogP contribution in [0.2, 0.25) is 0 Å². The van der Waals surface area contributed by atoms with Gasteiger partial charge in [-0.2, -0.15) is 13.1 Å². The zero-order valence-corrected chi connectivity index (χ0v) is 13.8. The van der Waals surface area contributed by atoms with Crippen LogP contribution in [0.15, 0.2) is 0 Å². The van der Waals surface area contributed by atoms with Crippen molar-refractivity contribution in [3.8, 4) is 0 Å². The minimum Gasteiger partial charge on any atom is -0.450 e. The summed E-state index contributed by atoms with van der Waals surface area (Å²) in [5.41, 5.74) is 0. The number of rotatable bonds is 7. The van der Waals surface area contributed by atoms with Crippen LogP contribution < -0.4 is 9.44 Å². The number of nitrogens with one attached hydrogen (secondary N) is 2. The van der Waals surface area contributed by atoms with Gasteiger partial charge < -0.3 is 14.5 Å². The summed E-state index contributed by atoms with van der Waals surface area (Å²) in [4.78, 5) is 26.5. The summed E-state index contributed by atoms with van der Waals surface area (Å²) in [6.45, 7) is 5.40. The highest BCUT2D eigenvalue weighted by atomic mass is 32.2. The van der Waals surface area contributed by atoms with Gasteiger partial charge >= 0.3 is 6.09 Å². The molecule has 0 aliphatic carbocycles. The molecule has 1 aliphatic heterocycles. The van der Waals surface area contributed by atoms with Gasteiger partial charge in [0.15, 0.2) is 0 Å². The molecule has 0 unspecified atom stereocenters. The number of hydrogen-bond acceptors (Lipinski definition) is 5. The molecule has 0 bridgehead atoms. The van der Waals surface area contributed by atoms with E-state index in [4.69, 9.17) is 4.74 Å². The lowest BCUT2D eigenvalue weighted by Crippen LogP contribution is -2.53. The highest BCUT2D eigenvalue weighted by molar-refractivity contribution is 7.87. The Morgan fingerprint density at radius 3 is 2.18 bits per heavy atom. The van der Waals surface area contributed by atoms with Crippen molar-refractivity contribution in [1.29, 1.82) is 0 Å². The third-order valence-corrected chi connectivity index (χ3v) is 4.22. The van der Waals surface area contributed by atoms with E-state index < -0.39 is 10.2 Å². The first-order valence-corrected chi connectivity index (χ1v) is 8.81. The Balaban J connectivity index is 2.35. The van der Waals surface area contributed by atoms with E-state index in [-0.39, 0.29) is 18.5 Å². The quantitative estimate of drug-likeness (QED) is 0.628. The summed E-state index contributed by atoms with van der Waals surface area (Å²) in [6.07, 6.45) is 0.282. The molecule has 1 heterocycles. The molecule has 2 amide bonds. The van der Waals surface area contributed by atoms with Crippen molar-refractivity contribution in [2.75, 3.05) is 45.9 Å². The fourth-order valence-corrected chi connectivity index (χ4v) is 2.80. The van der Waals surface area contributed by atoms with Gasteiger partial charge in [0.1, 0.15) is 0 Å². The molecule has 1 rings (SSSR count). The number of amides is 2. The first kappa shape index (κ1) is 18.7. The summed E-state index contributed by atoms with van der Waals surface area (Å²) < 4.78 is 32.5. The molecular formula is C12H24N4O5S. The Bertz CT molecular complexity index is 474. The zero-order chi connectivity index (χ0) is 16.6. The van der Waals surface area contributed by atoms with E-state index in [1.54, 1.807) is 6.92 Å². The Hall–Kier alpha value is -1.39. The monoisotopic (exact) mass is 336 g/mol. The Labute approximate surface area is 131 Å². The van der Waals surface area contributed by atoms with E-state index in [2.05, 4.69) is 9.44 Å². The second kappa shape index (κ2) is 8.91. The number of carbonyl (C=O) groups excluding carboxylic acids is 2. The molecule has 2 N–H and O–H groups in total. The first-order chi connectivity index (χ1) is 10.4. The Kier molecular flexibility index (Phi) is 7.56. The van der Waals surface area contributed by atoms with Gasteiger partial charge in [0, 0.05) is 32.7 Å². The zero-order valence-electron chi connectivity index (χ0n) is 13.0. The molecule has 0 aromatic rings. The average molecular weight is 336 g/mol. The Morgan fingerprint density at radius 1 is 1.05 bits per heavy atom. The van der Waals surface area contributed by atoms with Gasteiger partial charge in [-0.1, -0.05) is 6.92 Å². The van der Waals surface area contributed by atoms with Crippen LogP contribution in [-0.4, -0.2) is 76.1 Å². The summed E-state index contributed by atoms with van der Waals surface area (Å²) in [6, 6.07) is 0. The molecule has 1 aliphatic rings. The molecule has 1 saturated heterocycles. The minimum absolute atomic E-state index is 0.293. The van der Waals surface area contributed by atoms with Gasteiger partial charge in [-0.05, 0) is 13.3 Å². The molecular weight excluding hydrogens is 312 g/mol. The summed E-state index contributed by atoms with van der Waals surface area (Å²) >= 11 is 0. The van der Waals surface area contributed by atoms with Crippen LogP contribution in [0.4, 0.5) is 4.79 Å². The molecule has 0 aromatic heterocycles. The van der Waals surface area contributed by atoms with Crippen LogP contribution >= 0.6 is 0 Å². The van der Waals surface area contributed by atoms with E-state index in [1.165, 1.54) is 9.80 Å².